The van der Waals surface area contributed by atoms with Crippen LogP contribution in [0.2, 0.25) is 0 Å². The van der Waals surface area contributed by atoms with Gasteiger partial charge in [-0.05, 0) is 13.3 Å². The number of carbonyl (C=O) groups excluding carboxylic acids is 1. The Morgan fingerprint density at radius 3 is 2.67 bits per heavy atom. The number of urea groups is 1. The van der Waals surface area contributed by atoms with Gasteiger partial charge in [-0.2, -0.15) is 0 Å². The second-order valence-electron chi connectivity index (χ2n) is 5.85. The number of hydrogen-bond donors (Lipinski definition) is 1. The molecule has 8 heteroatoms. The van der Waals surface area contributed by atoms with E-state index in [0.717, 1.165) is 26.3 Å². The molecule has 0 spiro atoms. The van der Waals surface area contributed by atoms with Crippen LogP contribution in [0.1, 0.15) is 13.3 Å². The molecule has 7 nitrogen and oxygen atoms in total. The molecule has 0 aliphatic carbocycles. The maximum absolute atomic E-state index is 12.1. The number of hydrogen-bond acceptors (Lipinski definition) is 5. The van der Waals surface area contributed by atoms with Crippen molar-refractivity contribution in [1.82, 2.24) is 15.1 Å². The van der Waals surface area contributed by atoms with Crippen LogP contribution in [0, 0.1) is 0 Å². The van der Waals surface area contributed by atoms with Crippen LogP contribution in [0.15, 0.2) is 0 Å². The van der Waals surface area contributed by atoms with E-state index < -0.39 is 9.84 Å². The highest BCUT2D eigenvalue weighted by atomic mass is 32.2. The third kappa shape index (κ3) is 4.55. The zero-order valence-electron chi connectivity index (χ0n) is 12.7. The van der Waals surface area contributed by atoms with E-state index in [0.29, 0.717) is 13.0 Å². The molecule has 2 atom stereocenters. The Bertz CT molecular complexity index is 462. The van der Waals surface area contributed by atoms with Crippen LogP contribution in [0.5, 0.6) is 0 Å². The Balaban J connectivity index is 1.76. The Morgan fingerprint density at radius 1 is 1.43 bits per heavy atom. The lowest BCUT2D eigenvalue weighted by atomic mass is 10.2. The van der Waals surface area contributed by atoms with Gasteiger partial charge in [0.25, 0.3) is 0 Å². The average Bonchev–Trinajstić information content (AvgIpc) is 2.84. The summed E-state index contributed by atoms with van der Waals surface area (Å²) < 4.78 is 28.2. The summed E-state index contributed by atoms with van der Waals surface area (Å²) in [7, 11) is -1.30. The first-order chi connectivity index (χ1) is 9.89. The van der Waals surface area contributed by atoms with Gasteiger partial charge >= 0.3 is 6.03 Å². The second-order valence-corrected chi connectivity index (χ2v) is 8.08. The van der Waals surface area contributed by atoms with Gasteiger partial charge in [0.2, 0.25) is 0 Å². The van der Waals surface area contributed by atoms with Crippen molar-refractivity contribution >= 4 is 15.9 Å². The molecule has 0 aromatic heterocycles. The Hall–Kier alpha value is -0.860. The van der Waals surface area contributed by atoms with Crippen molar-refractivity contribution in [3.8, 4) is 0 Å². The van der Waals surface area contributed by atoms with Crippen LogP contribution in [-0.2, 0) is 14.6 Å². The van der Waals surface area contributed by atoms with Crippen molar-refractivity contribution in [3.63, 3.8) is 0 Å². The van der Waals surface area contributed by atoms with Gasteiger partial charge in [-0.1, -0.05) is 0 Å². The maximum Gasteiger partial charge on any atom is 0.317 e. The van der Waals surface area contributed by atoms with Crippen molar-refractivity contribution in [3.05, 3.63) is 0 Å². The summed E-state index contributed by atoms with van der Waals surface area (Å²) in [5.41, 5.74) is 0. The predicted octanol–water partition coefficient (Wildman–Crippen LogP) is -0.464. The third-order valence-corrected chi connectivity index (χ3v) is 6.04. The number of rotatable bonds is 4. The smallest absolute Gasteiger partial charge is 0.317 e. The fraction of sp³-hybridized carbons (Fsp3) is 0.923. The van der Waals surface area contributed by atoms with Gasteiger partial charge in [-0.25, -0.2) is 13.2 Å². The minimum atomic E-state index is -2.97. The molecule has 0 aromatic carbocycles. The van der Waals surface area contributed by atoms with Gasteiger partial charge < -0.3 is 15.0 Å². The monoisotopic (exact) mass is 319 g/mol. The summed E-state index contributed by atoms with van der Waals surface area (Å²) in [6, 6.07) is -0.149. The van der Waals surface area contributed by atoms with E-state index in [-0.39, 0.29) is 29.6 Å². The van der Waals surface area contributed by atoms with Gasteiger partial charge in [0.1, 0.15) is 0 Å². The molecular formula is C13H25N3O4S. The van der Waals surface area contributed by atoms with E-state index in [1.807, 2.05) is 0 Å². The number of morpholine rings is 1. The highest BCUT2D eigenvalue weighted by Gasteiger charge is 2.32. The summed E-state index contributed by atoms with van der Waals surface area (Å²) in [5, 5.41) is 2.89. The van der Waals surface area contributed by atoms with E-state index in [9.17, 15) is 13.2 Å². The topological polar surface area (TPSA) is 79.0 Å². The molecule has 0 bridgehead atoms. The molecule has 0 radical (unpaired) electrons. The van der Waals surface area contributed by atoms with E-state index in [2.05, 4.69) is 17.1 Å². The molecule has 1 N–H and O–H groups in total. The first-order valence-electron chi connectivity index (χ1n) is 7.42. The minimum absolute atomic E-state index is 0.0793. The number of nitrogens with one attached hydrogen (secondary N) is 1. The lowest BCUT2D eigenvalue weighted by molar-refractivity contribution is 0.0206. The summed E-state index contributed by atoms with van der Waals surface area (Å²) >= 11 is 0. The van der Waals surface area contributed by atoms with Gasteiger partial charge in [0, 0.05) is 38.8 Å². The normalized spacial score (nSPS) is 27.2. The molecule has 2 saturated heterocycles. The van der Waals surface area contributed by atoms with Crippen LogP contribution < -0.4 is 5.32 Å². The van der Waals surface area contributed by atoms with Crippen molar-refractivity contribution < 1.29 is 17.9 Å². The molecule has 2 heterocycles. The standard InChI is InChI=1S/C13H25N3O4S/c1-11(16-4-6-20-7-5-16)9-14-13(17)15(2)12-3-8-21(18,19)10-12/h11-12H,3-10H2,1-2H3,(H,14,17)/t11-,12+/m1/s1. The number of ether oxygens (including phenoxy) is 1. The molecule has 0 aromatic rings. The lowest BCUT2D eigenvalue weighted by Crippen LogP contribution is -2.50. The van der Waals surface area contributed by atoms with Crippen LogP contribution in [0.4, 0.5) is 4.79 Å². The molecular weight excluding hydrogens is 294 g/mol. The molecule has 21 heavy (non-hydrogen) atoms. The van der Waals surface area contributed by atoms with Crippen molar-refractivity contribution in [1.29, 1.82) is 0 Å². The molecule has 0 saturated carbocycles. The summed E-state index contributed by atoms with van der Waals surface area (Å²) in [4.78, 5) is 15.9. The van der Waals surface area contributed by atoms with Crippen LogP contribution in [0.3, 0.4) is 0 Å². The number of carbonyl (C=O) groups is 1. The second kappa shape index (κ2) is 6.93. The van der Waals surface area contributed by atoms with Crippen molar-refractivity contribution in [2.24, 2.45) is 0 Å². The summed E-state index contributed by atoms with van der Waals surface area (Å²) in [6.45, 7) is 5.87. The number of amides is 2. The molecule has 2 aliphatic heterocycles. The van der Waals surface area contributed by atoms with Crippen LogP contribution >= 0.6 is 0 Å². The number of sulfone groups is 1. The third-order valence-electron chi connectivity index (χ3n) is 4.29. The molecule has 122 valence electrons. The lowest BCUT2D eigenvalue weighted by Gasteiger charge is -2.33. The van der Waals surface area contributed by atoms with Crippen LogP contribution in [0.25, 0.3) is 0 Å². The van der Waals surface area contributed by atoms with Gasteiger partial charge in [-0.15, -0.1) is 0 Å². The van der Waals surface area contributed by atoms with Crippen molar-refractivity contribution in [2.75, 3.05) is 51.4 Å². The fourth-order valence-electron chi connectivity index (χ4n) is 2.75. The predicted molar refractivity (Wildman–Crippen MR) is 80.1 cm³/mol. The largest absolute Gasteiger partial charge is 0.379 e. The molecule has 2 aliphatic rings. The molecule has 0 unspecified atom stereocenters. The zero-order chi connectivity index (χ0) is 15.5. The maximum atomic E-state index is 12.1. The molecule has 2 amide bonds. The minimum Gasteiger partial charge on any atom is -0.379 e. The van der Waals surface area contributed by atoms with E-state index >= 15 is 0 Å². The fourth-order valence-corrected chi connectivity index (χ4v) is 4.53. The zero-order valence-corrected chi connectivity index (χ0v) is 13.6. The van der Waals surface area contributed by atoms with E-state index in [1.165, 1.54) is 4.90 Å². The van der Waals surface area contributed by atoms with E-state index in [4.69, 9.17) is 4.74 Å². The molecule has 2 rings (SSSR count). The number of nitrogens with zero attached hydrogens (tertiary/aromatic N) is 2. The highest BCUT2D eigenvalue weighted by molar-refractivity contribution is 7.91. The van der Waals surface area contributed by atoms with Gasteiger partial charge in [0.05, 0.1) is 24.7 Å². The van der Waals surface area contributed by atoms with Crippen molar-refractivity contribution in [2.45, 2.75) is 25.4 Å². The van der Waals surface area contributed by atoms with E-state index in [1.54, 1.807) is 7.05 Å². The summed E-state index contributed by atoms with van der Waals surface area (Å²) in [5.74, 6) is 0.259. The van der Waals surface area contributed by atoms with Gasteiger partial charge in [-0.3, -0.25) is 4.90 Å². The SMILES string of the molecule is C[C@H](CNC(=O)N(C)[C@H]1CCS(=O)(=O)C1)N1CCOCC1. The van der Waals surface area contributed by atoms with Crippen LogP contribution in [-0.4, -0.2) is 87.7 Å². The highest BCUT2D eigenvalue weighted by Crippen LogP contribution is 2.16. The van der Waals surface area contributed by atoms with Gasteiger partial charge in [0.15, 0.2) is 9.84 Å². The average molecular weight is 319 g/mol. The first kappa shape index (κ1) is 16.5. The molecule has 2 fully saturated rings. The first-order valence-corrected chi connectivity index (χ1v) is 9.24. The summed E-state index contributed by atoms with van der Waals surface area (Å²) in [6.07, 6.45) is 0.533. The Labute approximate surface area is 126 Å². The Kier molecular flexibility index (Phi) is 5.45. The Morgan fingerprint density at radius 2 is 2.10 bits per heavy atom. The quantitative estimate of drug-likeness (QED) is 0.758.